The van der Waals surface area contributed by atoms with Gasteiger partial charge in [-0.3, -0.25) is 5.41 Å². The van der Waals surface area contributed by atoms with Crippen molar-refractivity contribution in [3.05, 3.63) is 29.6 Å². The number of rotatable bonds is 5. The first-order valence-electron chi connectivity index (χ1n) is 4.74. The number of benzene rings is 1. The SMILES string of the molecule is CS(=O)(=O)CCSc1ccc(F)cc1C(=N)N. The van der Waals surface area contributed by atoms with Crippen LogP contribution < -0.4 is 5.73 Å². The van der Waals surface area contributed by atoms with E-state index in [0.29, 0.717) is 16.2 Å². The third-order valence-electron chi connectivity index (χ3n) is 1.94. The smallest absolute Gasteiger partial charge is 0.148 e. The molecule has 17 heavy (non-hydrogen) atoms. The third-order valence-corrected chi connectivity index (χ3v) is 4.22. The van der Waals surface area contributed by atoms with Gasteiger partial charge in [0.05, 0.1) is 5.75 Å². The molecule has 0 atom stereocenters. The van der Waals surface area contributed by atoms with Crippen LogP contribution in [0.25, 0.3) is 0 Å². The van der Waals surface area contributed by atoms with Gasteiger partial charge >= 0.3 is 0 Å². The molecule has 0 unspecified atom stereocenters. The Morgan fingerprint density at radius 1 is 1.53 bits per heavy atom. The van der Waals surface area contributed by atoms with Crippen LogP contribution in [0.3, 0.4) is 0 Å². The summed E-state index contributed by atoms with van der Waals surface area (Å²) in [6, 6.07) is 3.93. The minimum absolute atomic E-state index is 0.0341. The summed E-state index contributed by atoms with van der Waals surface area (Å²) in [5, 5.41) is 7.31. The number of hydrogen-bond acceptors (Lipinski definition) is 4. The van der Waals surface area contributed by atoms with Crippen molar-refractivity contribution in [1.29, 1.82) is 5.41 Å². The van der Waals surface area contributed by atoms with Crippen molar-refractivity contribution < 1.29 is 12.8 Å². The molecule has 4 nitrogen and oxygen atoms in total. The molecule has 1 aromatic carbocycles. The first-order chi connectivity index (χ1) is 7.79. The van der Waals surface area contributed by atoms with Crippen LogP contribution in [0.1, 0.15) is 5.56 Å². The van der Waals surface area contributed by atoms with Crippen LogP contribution in [0.15, 0.2) is 23.1 Å². The van der Waals surface area contributed by atoms with E-state index < -0.39 is 15.7 Å². The summed E-state index contributed by atoms with van der Waals surface area (Å²) in [7, 11) is -3.02. The first kappa shape index (κ1) is 14.0. The Bertz CT molecular complexity index is 529. The van der Waals surface area contributed by atoms with Crippen molar-refractivity contribution in [3.63, 3.8) is 0 Å². The van der Waals surface area contributed by atoms with Gasteiger partial charge in [-0.2, -0.15) is 0 Å². The maximum atomic E-state index is 13.0. The van der Waals surface area contributed by atoms with Gasteiger partial charge in [0.15, 0.2) is 0 Å². The highest BCUT2D eigenvalue weighted by molar-refractivity contribution is 8.00. The van der Waals surface area contributed by atoms with Crippen molar-refractivity contribution in [1.82, 2.24) is 0 Å². The summed E-state index contributed by atoms with van der Waals surface area (Å²) in [5.74, 6) is -0.314. The lowest BCUT2D eigenvalue weighted by molar-refractivity contribution is 0.603. The molecule has 0 aliphatic heterocycles. The Labute approximate surface area is 104 Å². The van der Waals surface area contributed by atoms with E-state index in [1.54, 1.807) is 0 Å². The van der Waals surface area contributed by atoms with E-state index >= 15 is 0 Å². The highest BCUT2D eigenvalue weighted by Gasteiger charge is 2.09. The molecule has 0 spiro atoms. The molecular weight excluding hydrogens is 263 g/mol. The Hall–Kier alpha value is -1.08. The molecule has 0 fully saturated rings. The summed E-state index contributed by atoms with van der Waals surface area (Å²) in [6.45, 7) is 0. The van der Waals surface area contributed by atoms with E-state index in [-0.39, 0.29) is 11.6 Å². The second kappa shape index (κ2) is 5.50. The van der Waals surface area contributed by atoms with Gasteiger partial charge in [-0.25, -0.2) is 12.8 Å². The van der Waals surface area contributed by atoms with Crippen LogP contribution in [0.4, 0.5) is 4.39 Å². The molecule has 3 N–H and O–H groups in total. The zero-order valence-electron chi connectivity index (χ0n) is 9.23. The van der Waals surface area contributed by atoms with Gasteiger partial charge in [0, 0.05) is 22.5 Å². The highest BCUT2D eigenvalue weighted by Crippen LogP contribution is 2.23. The maximum Gasteiger partial charge on any atom is 0.148 e. The van der Waals surface area contributed by atoms with Crippen molar-refractivity contribution in [3.8, 4) is 0 Å². The van der Waals surface area contributed by atoms with Crippen LogP contribution >= 0.6 is 11.8 Å². The number of halogens is 1. The molecule has 7 heteroatoms. The van der Waals surface area contributed by atoms with Gasteiger partial charge in [-0.1, -0.05) is 0 Å². The van der Waals surface area contributed by atoms with Crippen LogP contribution in [0.2, 0.25) is 0 Å². The number of nitrogen functional groups attached to an aromatic ring is 1. The molecule has 0 saturated carbocycles. The van der Waals surface area contributed by atoms with Crippen molar-refractivity contribution in [2.45, 2.75) is 4.90 Å². The average molecular weight is 276 g/mol. The lowest BCUT2D eigenvalue weighted by Gasteiger charge is -2.07. The zero-order valence-corrected chi connectivity index (χ0v) is 10.9. The summed E-state index contributed by atoms with van der Waals surface area (Å²) >= 11 is 1.24. The summed E-state index contributed by atoms with van der Waals surface area (Å²) < 4.78 is 34.9. The fourth-order valence-electron chi connectivity index (χ4n) is 1.14. The standard InChI is InChI=1S/C10H13FN2O2S2/c1-17(14,15)5-4-16-9-3-2-7(11)6-8(9)10(12)13/h2-3,6H,4-5H2,1H3,(H3,12,13). The predicted molar refractivity (Wildman–Crippen MR) is 67.9 cm³/mol. The van der Waals surface area contributed by atoms with Crippen LogP contribution in [-0.2, 0) is 9.84 Å². The largest absolute Gasteiger partial charge is 0.384 e. The molecule has 0 aliphatic carbocycles. The molecule has 0 bridgehead atoms. The number of amidine groups is 1. The van der Waals surface area contributed by atoms with E-state index in [2.05, 4.69) is 0 Å². The van der Waals surface area contributed by atoms with Gasteiger partial charge in [-0.05, 0) is 18.2 Å². The van der Waals surface area contributed by atoms with Gasteiger partial charge in [0.1, 0.15) is 21.5 Å². The first-order valence-corrected chi connectivity index (χ1v) is 7.78. The molecular formula is C10H13FN2O2S2. The van der Waals surface area contributed by atoms with Crippen molar-refractivity contribution in [2.24, 2.45) is 5.73 Å². The molecule has 0 aliphatic rings. The fraction of sp³-hybridized carbons (Fsp3) is 0.300. The second-order valence-corrected chi connectivity index (χ2v) is 6.93. The quantitative estimate of drug-likeness (QED) is 0.481. The number of sulfone groups is 1. The number of thioether (sulfide) groups is 1. The van der Waals surface area contributed by atoms with E-state index in [1.165, 1.54) is 30.0 Å². The minimum atomic E-state index is -3.02. The van der Waals surface area contributed by atoms with Crippen molar-refractivity contribution in [2.75, 3.05) is 17.8 Å². The van der Waals surface area contributed by atoms with Crippen LogP contribution in [-0.4, -0.2) is 32.0 Å². The Morgan fingerprint density at radius 3 is 2.71 bits per heavy atom. The number of nitrogens with two attached hydrogens (primary N) is 1. The number of nitrogens with one attached hydrogen (secondary N) is 1. The maximum absolute atomic E-state index is 13.0. The normalized spacial score (nSPS) is 11.4. The molecule has 1 aromatic rings. The highest BCUT2D eigenvalue weighted by atomic mass is 32.2. The second-order valence-electron chi connectivity index (χ2n) is 3.53. The van der Waals surface area contributed by atoms with Crippen LogP contribution in [0, 0.1) is 11.2 Å². The molecule has 0 saturated heterocycles. The molecule has 1 rings (SSSR count). The van der Waals surface area contributed by atoms with Gasteiger partial charge in [-0.15, -0.1) is 11.8 Å². The molecule has 94 valence electrons. The van der Waals surface area contributed by atoms with Gasteiger partial charge in [0.2, 0.25) is 0 Å². The zero-order chi connectivity index (χ0) is 13.1. The Kier molecular flexibility index (Phi) is 4.53. The number of hydrogen-bond donors (Lipinski definition) is 2. The average Bonchev–Trinajstić information content (AvgIpc) is 2.18. The van der Waals surface area contributed by atoms with Gasteiger partial charge < -0.3 is 5.73 Å². The van der Waals surface area contributed by atoms with Crippen molar-refractivity contribution >= 4 is 27.4 Å². The topological polar surface area (TPSA) is 84.0 Å². The third kappa shape index (κ3) is 4.74. The Morgan fingerprint density at radius 2 is 2.18 bits per heavy atom. The monoisotopic (exact) mass is 276 g/mol. The summed E-state index contributed by atoms with van der Waals surface area (Å²) in [5.41, 5.74) is 5.62. The van der Waals surface area contributed by atoms with E-state index in [9.17, 15) is 12.8 Å². The molecule has 0 radical (unpaired) electrons. The van der Waals surface area contributed by atoms with Gasteiger partial charge in [0.25, 0.3) is 0 Å². The fourth-order valence-corrected chi connectivity index (χ4v) is 3.39. The van der Waals surface area contributed by atoms with Crippen LogP contribution in [0.5, 0.6) is 0 Å². The minimum Gasteiger partial charge on any atom is -0.384 e. The molecule has 0 aromatic heterocycles. The summed E-state index contributed by atoms with van der Waals surface area (Å²) in [6.07, 6.45) is 1.16. The predicted octanol–water partition coefficient (Wildman–Crippen LogP) is 1.25. The summed E-state index contributed by atoms with van der Waals surface area (Å²) in [4.78, 5) is 0.613. The lowest BCUT2D eigenvalue weighted by atomic mass is 10.2. The lowest BCUT2D eigenvalue weighted by Crippen LogP contribution is -2.13. The van der Waals surface area contributed by atoms with E-state index in [0.717, 1.165) is 6.26 Å². The van der Waals surface area contributed by atoms with E-state index in [4.69, 9.17) is 11.1 Å². The van der Waals surface area contributed by atoms with E-state index in [1.807, 2.05) is 0 Å². The molecule has 0 amide bonds. The molecule has 0 heterocycles. The Balaban J connectivity index is 2.81.